The fourth-order valence-corrected chi connectivity index (χ4v) is 2.18. The summed E-state index contributed by atoms with van der Waals surface area (Å²) in [5.74, 6) is 0. The average Bonchev–Trinajstić information content (AvgIpc) is 2.61. The van der Waals surface area contributed by atoms with Gasteiger partial charge >= 0.3 is 32.7 Å². The van der Waals surface area contributed by atoms with Crippen LogP contribution in [0.1, 0.15) is 5.69 Å². The van der Waals surface area contributed by atoms with Gasteiger partial charge in [0.15, 0.2) is 0 Å². The summed E-state index contributed by atoms with van der Waals surface area (Å²) in [5, 5.41) is 0. The fourth-order valence-electron chi connectivity index (χ4n) is 2.18. The van der Waals surface area contributed by atoms with Gasteiger partial charge in [0.05, 0.1) is 5.69 Å². The summed E-state index contributed by atoms with van der Waals surface area (Å²) in [6.45, 7) is 7.81. The molecular formula is C15H25F3MnN4O3S+2. The zero-order valence-corrected chi connectivity index (χ0v) is 17.2. The van der Waals surface area contributed by atoms with Crippen LogP contribution in [-0.4, -0.2) is 91.5 Å². The van der Waals surface area contributed by atoms with Crippen molar-refractivity contribution in [3.63, 3.8) is 0 Å². The third kappa shape index (κ3) is 11.0. The molecule has 2 rings (SSSR count). The maximum atomic E-state index is 10.7. The van der Waals surface area contributed by atoms with Gasteiger partial charge in [0, 0.05) is 52.0 Å². The van der Waals surface area contributed by atoms with E-state index < -0.39 is 15.6 Å². The van der Waals surface area contributed by atoms with Crippen LogP contribution in [0.25, 0.3) is 0 Å². The van der Waals surface area contributed by atoms with E-state index >= 15 is 0 Å². The molecule has 1 N–H and O–H groups in total. The zero-order chi connectivity index (χ0) is 19.8. The van der Waals surface area contributed by atoms with Crippen molar-refractivity contribution in [2.24, 2.45) is 0 Å². The number of aromatic nitrogens is 1. The van der Waals surface area contributed by atoms with Gasteiger partial charge < -0.3 is 9.80 Å². The van der Waals surface area contributed by atoms with Gasteiger partial charge in [-0.2, -0.15) is 21.6 Å². The number of alkyl halides is 3. The number of rotatable bonds is 2. The molecule has 0 spiro atoms. The van der Waals surface area contributed by atoms with Crippen molar-refractivity contribution in [1.29, 1.82) is 0 Å². The topological polar surface area (TPSA) is 77.0 Å². The van der Waals surface area contributed by atoms with Crippen molar-refractivity contribution in [1.82, 2.24) is 19.7 Å². The van der Waals surface area contributed by atoms with E-state index in [1.807, 2.05) is 12.3 Å². The molecule has 12 heteroatoms. The molecule has 0 aliphatic carbocycles. The van der Waals surface area contributed by atoms with Crippen LogP contribution in [0.3, 0.4) is 0 Å². The van der Waals surface area contributed by atoms with E-state index in [1.54, 1.807) is 0 Å². The van der Waals surface area contributed by atoms with Crippen LogP contribution < -0.4 is 0 Å². The molecule has 0 saturated carbocycles. The van der Waals surface area contributed by atoms with E-state index in [4.69, 9.17) is 13.0 Å². The number of hydrogen-bond donors (Lipinski definition) is 1. The molecular weight excluding hydrogens is 428 g/mol. The summed E-state index contributed by atoms with van der Waals surface area (Å²) >= 11 is 0. The molecule has 155 valence electrons. The number of nitrogens with zero attached hydrogens (tertiary/aromatic N) is 4. The quantitative estimate of drug-likeness (QED) is 0.409. The number of hydrogen-bond acceptors (Lipinski definition) is 6. The van der Waals surface area contributed by atoms with Gasteiger partial charge in [0.1, 0.15) is 0 Å². The Hall–Kier alpha value is -0.751. The van der Waals surface area contributed by atoms with Gasteiger partial charge in [-0.15, -0.1) is 0 Å². The minimum Gasteiger partial charge on any atom is -0.304 e. The maximum Gasteiger partial charge on any atom is 2.00 e. The predicted octanol–water partition coefficient (Wildman–Crippen LogP) is 1.15. The van der Waals surface area contributed by atoms with E-state index in [9.17, 15) is 13.2 Å². The van der Waals surface area contributed by atoms with Crippen LogP contribution in [0.5, 0.6) is 0 Å². The largest absolute Gasteiger partial charge is 2.00 e. The van der Waals surface area contributed by atoms with Crippen LogP contribution in [0.15, 0.2) is 24.4 Å². The summed E-state index contributed by atoms with van der Waals surface area (Å²) in [4.78, 5) is 11.7. The summed E-state index contributed by atoms with van der Waals surface area (Å²) in [5.41, 5.74) is -4.37. The minimum atomic E-state index is -5.84. The molecule has 1 aromatic rings. The standard InChI is InChI=1S/C14H24N4.CHF3O3S.Mn/c1-16-7-8-17(2)10-12-18(11-9-16)13-14-5-3-4-6-15-14;2-1(3,4)8(5,6)7;/h3-6H,7-13H2,1-2H3;(H,5,6,7);/q;;+2. The smallest absolute Gasteiger partial charge is 0.304 e. The molecule has 0 unspecified atom stereocenters. The summed E-state index contributed by atoms with van der Waals surface area (Å²) in [6.07, 6.45) is 1.88. The second-order valence-electron chi connectivity index (χ2n) is 6.12. The first-order chi connectivity index (χ1) is 12.0. The third-order valence-electron chi connectivity index (χ3n) is 3.86. The van der Waals surface area contributed by atoms with Crippen molar-refractivity contribution in [3.8, 4) is 0 Å². The van der Waals surface area contributed by atoms with E-state index in [0.717, 1.165) is 45.8 Å². The van der Waals surface area contributed by atoms with Gasteiger partial charge in [-0.05, 0) is 26.2 Å². The van der Waals surface area contributed by atoms with Gasteiger partial charge in [-0.25, -0.2) is 0 Å². The maximum absolute atomic E-state index is 10.7. The number of halogens is 3. The molecule has 7 nitrogen and oxygen atoms in total. The molecule has 0 bridgehead atoms. The van der Waals surface area contributed by atoms with Crippen LogP contribution in [0.2, 0.25) is 0 Å². The van der Waals surface area contributed by atoms with Crippen LogP contribution in [0, 0.1) is 0 Å². The van der Waals surface area contributed by atoms with Gasteiger partial charge in [-0.1, -0.05) is 6.07 Å². The Morgan fingerprint density at radius 3 is 1.85 bits per heavy atom. The first kappa shape index (κ1) is 26.2. The average molecular weight is 453 g/mol. The monoisotopic (exact) mass is 453 g/mol. The molecule has 2 heterocycles. The first-order valence-corrected chi connectivity index (χ1v) is 9.46. The summed E-state index contributed by atoms with van der Waals surface area (Å²) < 4.78 is 57.5. The van der Waals surface area contributed by atoms with Crippen LogP contribution in [-0.2, 0) is 33.7 Å². The second-order valence-corrected chi connectivity index (χ2v) is 7.54. The van der Waals surface area contributed by atoms with Crippen molar-refractivity contribution in [3.05, 3.63) is 30.1 Å². The van der Waals surface area contributed by atoms with Crippen LogP contribution in [0.4, 0.5) is 13.2 Å². The zero-order valence-electron chi connectivity index (χ0n) is 15.2. The molecule has 1 radical (unpaired) electrons. The Balaban J connectivity index is 0.000000645. The molecule has 1 fully saturated rings. The Morgan fingerprint density at radius 2 is 1.48 bits per heavy atom. The van der Waals surface area contributed by atoms with E-state index in [0.29, 0.717) is 0 Å². The molecule has 1 aliphatic rings. The Kier molecular flexibility index (Phi) is 11.6. The summed E-state index contributed by atoms with van der Waals surface area (Å²) in [7, 11) is -1.43. The number of pyridine rings is 1. The Bertz CT molecular complexity index is 621. The van der Waals surface area contributed by atoms with E-state index in [1.165, 1.54) is 5.69 Å². The SMILES string of the molecule is CN1CCN(C)CCN(Cc2ccccn2)CC1.O=S(=O)(O)C(F)(F)F.[Mn+2]. The molecule has 1 saturated heterocycles. The van der Waals surface area contributed by atoms with Gasteiger partial charge in [0.2, 0.25) is 0 Å². The predicted molar refractivity (Wildman–Crippen MR) is 92.1 cm³/mol. The molecule has 1 aliphatic heterocycles. The molecule has 0 amide bonds. The molecule has 1 aromatic heterocycles. The fraction of sp³-hybridized carbons (Fsp3) is 0.667. The third-order valence-corrected chi connectivity index (χ3v) is 4.45. The Labute approximate surface area is 168 Å². The van der Waals surface area contributed by atoms with Gasteiger partial charge in [0.25, 0.3) is 0 Å². The second kappa shape index (κ2) is 11.9. The van der Waals surface area contributed by atoms with Crippen molar-refractivity contribution in [2.75, 3.05) is 53.4 Å². The molecule has 0 aromatic carbocycles. The number of likely N-dealkylation sites (N-methyl/N-ethyl adjacent to an activating group) is 2. The minimum absolute atomic E-state index is 0. The first-order valence-electron chi connectivity index (χ1n) is 8.02. The van der Waals surface area contributed by atoms with Crippen molar-refractivity contribution in [2.45, 2.75) is 12.1 Å². The normalized spacial score (nSPS) is 18.3. The summed E-state index contributed by atoms with van der Waals surface area (Å²) in [6, 6.07) is 6.15. The van der Waals surface area contributed by atoms with Crippen LogP contribution >= 0.6 is 0 Å². The Morgan fingerprint density at radius 1 is 1.04 bits per heavy atom. The van der Waals surface area contributed by atoms with E-state index in [-0.39, 0.29) is 17.1 Å². The van der Waals surface area contributed by atoms with Crippen molar-refractivity contribution >= 4 is 10.1 Å². The molecule has 27 heavy (non-hydrogen) atoms. The van der Waals surface area contributed by atoms with Gasteiger partial charge in [-0.3, -0.25) is 14.4 Å². The van der Waals surface area contributed by atoms with E-state index in [2.05, 4.69) is 45.9 Å². The van der Waals surface area contributed by atoms with Crippen molar-refractivity contribution < 1.29 is 43.2 Å². The molecule has 0 atom stereocenters.